The molecule has 4 nitrogen and oxygen atoms in total. The van der Waals surface area contributed by atoms with Crippen molar-refractivity contribution in [3.63, 3.8) is 0 Å². The lowest BCUT2D eigenvalue weighted by atomic mass is 9.63. The molecular weight excluding hydrogens is 214 g/mol. The van der Waals surface area contributed by atoms with E-state index in [0.717, 1.165) is 38.8 Å². The van der Waals surface area contributed by atoms with Crippen molar-refractivity contribution in [1.82, 2.24) is 10.2 Å². The van der Waals surface area contributed by atoms with Gasteiger partial charge in [0.15, 0.2) is 0 Å². The number of piperidine rings is 1. The first-order valence-corrected chi connectivity index (χ1v) is 6.46. The molecule has 1 heterocycles. The zero-order valence-electron chi connectivity index (χ0n) is 10.7. The van der Waals surface area contributed by atoms with E-state index in [1.807, 2.05) is 0 Å². The highest BCUT2D eigenvalue weighted by Gasteiger charge is 2.49. The van der Waals surface area contributed by atoms with Crippen LogP contribution in [0.15, 0.2) is 0 Å². The molecule has 0 aromatic rings. The SMILES string of the molecule is CC1CC(C#N)(C(=O)NC2CCCN(C)C2)C1. The van der Waals surface area contributed by atoms with E-state index >= 15 is 0 Å². The molecule has 1 unspecified atom stereocenters. The van der Waals surface area contributed by atoms with Crippen molar-refractivity contribution in [3.8, 4) is 6.07 Å². The molecule has 17 heavy (non-hydrogen) atoms. The van der Waals surface area contributed by atoms with Gasteiger partial charge >= 0.3 is 0 Å². The van der Waals surface area contributed by atoms with E-state index in [1.54, 1.807) is 0 Å². The minimum Gasteiger partial charge on any atom is -0.351 e. The number of hydrogen-bond donors (Lipinski definition) is 1. The van der Waals surface area contributed by atoms with Gasteiger partial charge in [-0.15, -0.1) is 0 Å². The molecule has 94 valence electrons. The van der Waals surface area contributed by atoms with Gasteiger partial charge < -0.3 is 10.2 Å². The first-order valence-electron chi connectivity index (χ1n) is 6.46. The van der Waals surface area contributed by atoms with Crippen LogP contribution in [0, 0.1) is 22.7 Å². The fourth-order valence-electron chi connectivity index (χ4n) is 3.07. The Labute approximate surface area is 103 Å². The molecule has 1 atom stereocenters. The molecule has 1 saturated carbocycles. The van der Waals surface area contributed by atoms with E-state index in [9.17, 15) is 10.1 Å². The Balaban J connectivity index is 1.90. The first-order chi connectivity index (χ1) is 8.05. The second-order valence-electron chi connectivity index (χ2n) is 5.78. The van der Waals surface area contributed by atoms with E-state index in [-0.39, 0.29) is 11.9 Å². The average molecular weight is 235 g/mol. The van der Waals surface area contributed by atoms with Crippen LogP contribution in [0.2, 0.25) is 0 Å². The van der Waals surface area contributed by atoms with Crippen LogP contribution >= 0.6 is 0 Å². The largest absolute Gasteiger partial charge is 0.351 e. The van der Waals surface area contributed by atoms with E-state index in [0.29, 0.717) is 5.92 Å². The predicted octanol–water partition coefficient (Wildman–Crippen LogP) is 1.14. The van der Waals surface area contributed by atoms with Crippen molar-refractivity contribution >= 4 is 5.91 Å². The number of amides is 1. The zero-order chi connectivity index (χ0) is 12.5. The van der Waals surface area contributed by atoms with Gasteiger partial charge in [0.1, 0.15) is 5.41 Å². The molecule has 2 aliphatic rings. The Morgan fingerprint density at radius 2 is 2.24 bits per heavy atom. The van der Waals surface area contributed by atoms with Crippen LogP contribution < -0.4 is 5.32 Å². The van der Waals surface area contributed by atoms with Crippen LogP contribution in [0.25, 0.3) is 0 Å². The second kappa shape index (κ2) is 4.66. The monoisotopic (exact) mass is 235 g/mol. The number of rotatable bonds is 2. The predicted molar refractivity (Wildman–Crippen MR) is 65.1 cm³/mol. The fraction of sp³-hybridized carbons (Fsp3) is 0.846. The number of likely N-dealkylation sites (tertiary alicyclic amines) is 1. The van der Waals surface area contributed by atoms with E-state index in [4.69, 9.17) is 0 Å². The molecule has 4 heteroatoms. The number of likely N-dealkylation sites (N-methyl/N-ethyl adjacent to an activating group) is 1. The summed E-state index contributed by atoms with van der Waals surface area (Å²) >= 11 is 0. The summed E-state index contributed by atoms with van der Waals surface area (Å²) in [5, 5.41) is 12.2. The second-order valence-corrected chi connectivity index (χ2v) is 5.78. The molecule has 1 aliphatic heterocycles. The number of carbonyl (C=O) groups excluding carboxylic acids is 1. The minimum atomic E-state index is -0.727. The van der Waals surface area contributed by atoms with Gasteiger partial charge in [0.25, 0.3) is 0 Å². The lowest BCUT2D eigenvalue weighted by Crippen LogP contribution is -2.54. The van der Waals surface area contributed by atoms with Crippen LogP contribution in [-0.4, -0.2) is 37.0 Å². The lowest BCUT2D eigenvalue weighted by Gasteiger charge is -2.41. The number of nitriles is 1. The Morgan fingerprint density at radius 1 is 1.53 bits per heavy atom. The van der Waals surface area contributed by atoms with Gasteiger partial charge in [0.2, 0.25) is 5.91 Å². The number of carbonyl (C=O) groups is 1. The van der Waals surface area contributed by atoms with Gasteiger partial charge in [0, 0.05) is 12.6 Å². The van der Waals surface area contributed by atoms with Gasteiger partial charge in [-0.25, -0.2) is 0 Å². The van der Waals surface area contributed by atoms with Crippen LogP contribution in [0.3, 0.4) is 0 Å². The van der Waals surface area contributed by atoms with E-state index < -0.39 is 5.41 Å². The summed E-state index contributed by atoms with van der Waals surface area (Å²) in [5.41, 5.74) is -0.727. The van der Waals surface area contributed by atoms with Crippen molar-refractivity contribution in [3.05, 3.63) is 0 Å². The third-order valence-electron chi connectivity index (χ3n) is 4.00. The molecule has 0 aromatic heterocycles. The Morgan fingerprint density at radius 3 is 2.76 bits per heavy atom. The van der Waals surface area contributed by atoms with E-state index in [2.05, 4.69) is 30.3 Å². The molecule has 0 aromatic carbocycles. The third-order valence-corrected chi connectivity index (χ3v) is 4.00. The average Bonchev–Trinajstić information content (AvgIpc) is 2.24. The van der Waals surface area contributed by atoms with Crippen molar-refractivity contribution in [2.75, 3.05) is 20.1 Å². The topological polar surface area (TPSA) is 56.1 Å². The van der Waals surface area contributed by atoms with Crippen LogP contribution in [0.5, 0.6) is 0 Å². The number of nitrogens with zero attached hydrogens (tertiary/aromatic N) is 2. The molecule has 1 N–H and O–H groups in total. The molecular formula is C13H21N3O. The van der Waals surface area contributed by atoms with Gasteiger partial charge in [-0.05, 0) is 45.2 Å². The van der Waals surface area contributed by atoms with Crippen molar-refractivity contribution in [1.29, 1.82) is 5.26 Å². The maximum Gasteiger partial charge on any atom is 0.240 e. The summed E-state index contributed by atoms with van der Waals surface area (Å²) in [6, 6.07) is 2.44. The number of hydrogen-bond acceptors (Lipinski definition) is 3. The summed E-state index contributed by atoms with van der Waals surface area (Å²) in [7, 11) is 2.07. The summed E-state index contributed by atoms with van der Waals surface area (Å²) < 4.78 is 0. The first kappa shape index (κ1) is 12.4. The zero-order valence-corrected chi connectivity index (χ0v) is 10.7. The minimum absolute atomic E-state index is 0.0431. The molecule has 1 aliphatic carbocycles. The molecule has 0 spiro atoms. The summed E-state index contributed by atoms with van der Waals surface area (Å²) in [4.78, 5) is 14.4. The maximum absolute atomic E-state index is 12.1. The van der Waals surface area contributed by atoms with Gasteiger partial charge in [-0.3, -0.25) is 4.79 Å². The van der Waals surface area contributed by atoms with Crippen molar-refractivity contribution in [2.45, 2.75) is 38.6 Å². The van der Waals surface area contributed by atoms with Gasteiger partial charge in [0.05, 0.1) is 6.07 Å². The Kier molecular flexibility index (Phi) is 3.39. The molecule has 2 rings (SSSR count). The Bertz CT molecular complexity index is 341. The Hall–Kier alpha value is -1.08. The normalized spacial score (nSPS) is 37.9. The summed E-state index contributed by atoms with van der Waals surface area (Å²) in [5.74, 6) is 0.466. The quantitative estimate of drug-likeness (QED) is 0.780. The lowest BCUT2D eigenvalue weighted by molar-refractivity contribution is -0.135. The van der Waals surface area contributed by atoms with Crippen LogP contribution in [-0.2, 0) is 4.79 Å². The molecule has 1 saturated heterocycles. The molecule has 0 bridgehead atoms. The molecule has 0 radical (unpaired) electrons. The van der Waals surface area contributed by atoms with Crippen molar-refractivity contribution in [2.24, 2.45) is 11.3 Å². The fourth-order valence-corrected chi connectivity index (χ4v) is 3.07. The standard InChI is InChI=1S/C13H21N3O/c1-10-6-13(7-10,9-14)12(17)15-11-4-3-5-16(2)8-11/h10-11H,3-8H2,1-2H3,(H,15,17). The van der Waals surface area contributed by atoms with Crippen LogP contribution in [0.1, 0.15) is 32.6 Å². The summed E-state index contributed by atoms with van der Waals surface area (Å²) in [6.45, 7) is 4.10. The maximum atomic E-state index is 12.1. The molecule has 2 fully saturated rings. The molecule has 1 amide bonds. The smallest absolute Gasteiger partial charge is 0.240 e. The van der Waals surface area contributed by atoms with Crippen LogP contribution in [0.4, 0.5) is 0 Å². The highest BCUT2D eigenvalue weighted by Crippen LogP contribution is 2.45. The van der Waals surface area contributed by atoms with Gasteiger partial charge in [-0.2, -0.15) is 5.26 Å². The van der Waals surface area contributed by atoms with E-state index in [1.165, 1.54) is 0 Å². The number of nitrogens with one attached hydrogen (secondary N) is 1. The van der Waals surface area contributed by atoms with Crippen molar-refractivity contribution < 1.29 is 4.79 Å². The van der Waals surface area contributed by atoms with Gasteiger partial charge in [-0.1, -0.05) is 6.92 Å². The summed E-state index contributed by atoms with van der Waals surface area (Å²) in [6.07, 6.45) is 3.60. The third kappa shape index (κ3) is 2.44. The highest BCUT2D eigenvalue weighted by molar-refractivity contribution is 5.86. The highest BCUT2D eigenvalue weighted by atomic mass is 16.2.